The Morgan fingerprint density at radius 2 is 2.29 bits per heavy atom. The molecule has 1 N–H and O–H groups in total. The van der Waals surface area contributed by atoms with E-state index in [0.29, 0.717) is 6.04 Å². The predicted molar refractivity (Wildman–Crippen MR) is 72.6 cm³/mol. The quantitative estimate of drug-likeness (QED) is 0.897. The Labute approximate surface area is 105 Å². The van der Waals surface area contributed by atoms with Crippen molar-refractivity contribution in [2.24, 2.45) is 5.92 Å². The summed E-state index contributed by atoms with van der Waals surface area (Å²) in [5, 5.41) is 5.68. The number of fused-ring (bicyclic) bond motifs is 1. The van der Waals surface area contributed by atoms with E-state index < -0.39 is 0 Å². The molecule has 0 bridgehead atoms. The summed E-state index contributed by atoms with van der Waals surface area (Å²) in [6.07, 6.45) is 5.73. The average molecular weight is 247 g/mol. The molecule has 2 aromatic heterocycles. The molecule has 1 atom stereocenters. The van der Waals surface area contributed by atoms with Gasteiger partial charge in [0.25, 0.3) is 0 Å². The van der Waals surface area contributed by atoms with Crippen LogP contribution in [0.2, 0.25) is 0 Å². The Morgan fingerprint density at radius 1 is 1.47 bits per heavy atom. The maximum atomic E-state index is 4.38. The Bertz CT molecular complexity index is 530. The third-order valence-corrected chi connectivity index (χ3v) is 4.39. The van der Waals surface area contributed by atoms with Gasteiger partial charge in [-0.05, 0) is 37.1 Å². The Hall–Kier alpha value is -1.16. The molecule has 0 amide bonds. The molecule has 1 aliphatic rings. The zero-order valence-corrected chi connectivity index (χ0v) is 11.0. The lowest BCUT2D eigenvalue weighted by molar-refractivity contribution is 0.641. The van der Waals surface area contributed by atoms with Crippen molar-refractivity contribution in [3.05, 3.63) is 17.3 Å². The highest BCUT2D eigenvalue weighted by Gasteiger charge is 2.24. The molecule has 0 aromatic carbocycles. The van der Waals surface area contributed by atoms with Crippen LogP contribution in [0.4, 0.5) is 5.82 Å². The third kappa shape index (κ3) is 2.27. The van der Waals surface area contributed by atoms with E-state index >= 15 is 0 Å². The summed E-state index contributed by atoms with van der Waals surface area (Å²) in [6, 6.07) is 0.503. The largest absolute Gasteiger partial charge is 0.366 e. The first-order valence-electron chi connectivity index (χ1n) is 6.19. The summed E-state index contributed by atoms with van der Waals surface area (Å²) in [4.78, 5) is 8.72. The molecule has 0 radical (unpaired) electrons. The lowest BCUT2D eigenvalue weighted by Gasteiger charge is -2.14. The van der Waals surface area contributed by atoms with E-state index in [0.717, 1.165) is 17.3 Å². The minimum Gasteiger partial charge on any atom is -0.366 e. The molecule has 2 heterocycles. The highest BCUT2D eigenvalue weighted by molar-refractivity contribution is 7.18. The first kappa shape index (κ1) is 11.0. The molecule has 2 aromatic rings. The van der Waals surface area contributed by atoms with E-state index in [4.69, 9.17) is 0 Å². The lowest BCUT2D eigenvalue weighted by Crippen LogP contribution is -2.16. The van der Waals surface area contributed by atoms with Crippen LogP contribution in [0.1, 0.15) is 31.7 Å². The number of anilines is 1. The molecule has 4 heteroatoms. The number of hydrogen-bond donors (Lipinski definition) is 1. The molecule has 0 spiro atoms. The summed E-state index contributed by atoms with van der Waals surface area (Å²) in [6.45, 7) is 4.34. The topological polar surface area (TPSA) is 37.8 Å². The Balaban J connectivity index is 1.83. The van der Waals surface area contributed by atoms with Gasteiger partial charge in [0.05, 0.1) is 10.2 Å². The van der Waals surface area contributed by atoms with E-state index in [1.54, 1.807) is 17.7 Å². The van der Waals surface area contributed by atoms with E-state index in [-0.39, 0.29) is 0 Å². The minimum absolute atomic E-state index is 0.503. The average Bonchev–Trinajstić information content (AvgIpc) is 3.03. The molecular formula is C13H17N3S. The van der Waals surface area contributed by atoms with Crippen LogP contribution in [0.15, 0.2) is 11.7 Å². The summed E-state index contributed by atoms with van der Waals surface area (Å²) in [5.41, 5.74) is 2.33. The van der Waals surface area contributed by atoms with Crippen LogP contribution < -0.4 is 5.32 Å². The van der Waals surface area contributed by atoms with Crippen molar-refractivity contribution in [3.8, 4) is 0 Å². The molecule has 1 fully saturated rings. The fourth-order valence-corrected chi connectivity index (χ4v) is 3.17. The SMILES string of the molecule is Cc1csc2c(NC(C)CC3CC3)ncnc12. The van der Waals surface area contributed by atoms with Gasteiger partial charge in [-0.2, -0.15) is 0 Å². The molecule has 90 valence electrons. The number of nitrogens with one attached hydrogen (secondary N) is 1. The van der Waals surface area contributed by atoms with E-state index in [1.165, 1.54) is 29.5 Å². The van der Waals surface area contributed by atoms with Crippen molar-refractivity contribution in [1.29, 1.82) is 0 Å². The second-order valence-electron chi connectivity index (χ2n) is 5.04. The second-order valence-corrected chi connectivity index (χ2v) is 5.92. The summed E-state index contributed by atoms with van der Waals surface area (Å²) in [5.74, 6) is 1.95. The van der Waals surface area contributed by atoms with Gasteiger partial charge >= 0.3 is 0 Å². The molecule has 3 nitrogen and oxygen atoms in total. The zero-order chi connectivity index (χ0) is 11.8. The van der Waals surface area contributed by atoms with Crippen LogP contribution in [0, 0.1) is 12.8 Å². The lowest BCUT2D eigenvalue weighted by atomic mass is 10.1. The molecule has 0 aliphatic heterocycles. The van der Waals surface area contributed by atoms with Crippen LogP contribution >= 0.6 is 11.3 Å². The van der Waals surface area contributed by atoms with Gasteiger partial charge < -0.3 is 5.32 Å². The van der Waals surface area contributed by atoms with Gasteiger partial charge in [-0.15, -0.1) is 11.3 Å². The third-order valence-electron chi connectivity index (χ3n) is 3.30. The van der Waals surface area contributed by atoms with Crippen LogP contribution in [0.5, 0.6) is 0 Å². The molecule has 1 unspecified atom stereocenters. The molecule has 1 saturated carbocycles. The highest BCUT2D eigenvalue weighted by Crippen LogP contribution is 2.35. The van der Waals surface area contributed by atoms with Gasteiger partial charge in [-0.25, -0.2) is 9.97 Å². The van der Waals surface area contributed by atoms with E-state index in [1.807, 2.05) is 0 Å². The first-order chi connectivity index (χ1) is 8.24. The van der Waals surface area contributed by atoms with Gasteiger partial charge in [0.2, 0.25) is 0 Å². The molecule has 1 aliphatic carbocycles. The van der Waals surface area contributed by atoms with Crippen LogP contribution in [-0.4, -0.2) is 16.0 Å². The van der Waals surface area contributed by atoms with Crippen molar-refractivity contribution >= 4 is 27.4 Å². The smallest absolute Gasteiger partial charge is 0.147 e. The number of rotatable bonds is 4. The number of nitrogens with zero attached hydrogens (tertiary/aromatic N) is 2. The second kappa shape index (κ2) is 4.26. The molecular weight excluding hydrogens is 230 g/mol. The van der Waals surface area contributed by atoms with Gasteiger partial charge in [-0.3, -0.25) is 0 Å². The number of thiophene rings is 1. The molecule has 17 heavy (non-hydrogen) atoms. The van der Waals surface area contributed by atoms with Crippen LogP contribution in [0.25, 0.3) is 10.2 Å². The summed E-state index contributed by atoms with van der Waals surface area (Å²) >= 11 is 1.73. The molecule has 3 rings (SSSR count). The predicted octanol–water partition coefficient (Wildman–Crippen LogP) is 3.60. The fourth-order valence-electron chi connectivity index (χ4n) is 2.22. The summed E-state index contributed by atoms with van der Waals surface area (Å²) in [7, 11) is 0. The van der Waals surface area contributed by atoms with Crippen LogP contribution in [0.3, 0.4) is 0 Å². The highest BCUT2D eigenvalue weighted by atomic mass is 32.1. The van der Waals surface area contributed by atoms with Gasteiger partial charge in [0.1, 0.15) is 12.1 Å². The van der Waals surface area contributed by atoms with Crippen molar-refractivity contribution < 1.29 is 0 Å². The normalized spacial score (nSPS) is 17.3. The number of aryl methyl sites for hydroxylation is 1. The van der Waals surface area contributed by atoms with E-state index in [9.17, 15) is 0 Å². The standard InChI is InChI=1S/C13H17N3S/c1-8-6-17-12-11(8)14-7-15-13(12)16-9(2)5-10-3-4-10/h6-7,9-10H,3-5H2,1-2H3,(H,14,15,16). The Morgan fingerprint density at radius 3 is 3.06 bits per heavy atom. The maximum Gasteiger partial charge on any atom is 0.147 e. The van der Waals surface area contributed by atoms with Gasteiger partial charge in [0, 0.05) is 6.04 Å². The Kier molecular flexibility index (Phi) is 2.74. The molecule has 0 saturated heterocycles. The minimum atomic E-state index is 0.503. The monoisotopic (exact) mass is 247 g/mol. The fraction of sp³-hybridized carbons (Fsp3) is 0.538. The van der Waals surface area contributed by atoms with E-state index in [2.05, 4.69) is 34.5 Å². The first-order valence-corrected chi connectivity index (χ1v) is 7.07. The zero-order valence-electron chi connectivity index (χ0n) is 10.2. The van der Waals surface area contributed by atoms with Crippen molar-refractivity contribution in [2.75, 3.05) is 5.32 Å². The van der Waals surface area contributed by atoms with Crippen LogP contribution in [-0.2, 0) is 0 Å². The van der Waals surface area contributed by atoms with Crippen molar-refractivity contribution in [3.63, 3.8) is 0 Å². The van der Waals surface area contributed by atoms with Crippen molar-refractivity contribution in [1.82, 2.24) is 9.97 Å². The van der Waals surface area contributed by atoms with Gasteiger partial charge in [-0.1, -0.05) is 12.8 Å². The number of aromatic nitrogens is 2. The van der Waals surface area contributed by atoms with Gasteiger partial charge in [0.15, 0.2) is 0 Å². The number of hydrogen-bond acceptors (Lipinski definition) is 4. The van der Waals surface area contributed by atoms with Crippen molar-refractivity contribution in [2.45, 2.75) is 39.2 Å². The maximum absolute atomic E-state index is 4.38. The summed E-state index contributed by atoms with van der Waals surface area (Å²) < 4.78 is 1.19.